The van der Waals surface area contributed by atoms with Gasteiger partial charge in [-0.05, 0) is 31.2 Å². The molecule has 0 aromatic rings. The number of carbonyl (C=O) groups excluding carboxylic acids is 1. The van der Waals surface area contributed by atoms with Gasteiger partial charge in [0, 0.05) is 13.1 Å². The van der Waals surface area contributed by atoms with Crippen molar-refractivity contribution in [3.05, 3.63) is 0 Å². The molecule has 92 valence electrons. The molecule has 1 aliphatic carbocycles. The maximum Gasteiger partial charge on any atom is 0.247 e. The smallest absolute Gasteiger partial charge is 0.247 e. The molecule has 2 rings (SSSR count). The van der Waals surface area contributed by atoms with Gasteiger partial charge in [-0.25, -0.2) is 0 Å². The second-order valence-corrected chi connectivity index (χ2v) is 5.27. The van der Waals surface area contributed by atoms with Crippen LogP contribution in [0.1, 0.15) is 32.1 Å². The van der Waals surface area contributed by atoms with E-state index in [0.29, 0.717) is 6.54 Å². The van der Waals surface area contributed by atoms with Gasteiger partial charge >= 0.3 is 0 Å². The predicted octanol–water partition coefficient (Wildman–Crippen LogP) is 0.345. The SMILES string of the molecule is NC(=O)[C@H](O)CN1CCC2CCCCC2C1. The van der Waals surface area contributed by atoms with Crippen molar-refractivity contribution in [2.75, 3.05) is 19.6 Å². The van der Waals surface area contributed by atoms with Gasteiger partial charge < -0.3 is 10.8 Å². The molecule has 0 radical (unpaired) electrons. The van der Waals surface area contributed by atoms with E-state index < -0.39 is 12.0 Å². The van der Waals surface area contributed by atoms with Gasteiger partial charge in [0.2, 0.25) is 5.91 Å². The molecule has 2 fully saturated rings. The van der Waals surface area contributed by atoms with Crippen molar-refractivity contribution in [2.45, 2.75) is 38.2 Å². The quantitative estimate of drug-likeness (QED) is 0.729. The maximum absolute atomic E-state index is 10.8. The Balaban J connectivity index is 1.83. The first kappa shape index (κ1) is 11.9. The number of β-amino-alcohol motifs (C(OH)–C–C–N with tert-alkyl or cyclic N) is 1. The van der Waals surface area contributed by atoms with E-state index in [1.54, 1.807) is 0 Å². The van der Waals surface area contributed by atoms with Crippen LogP contribution in [0.25, 0.3) is 0 Å². The van der Waals surface area contributed by atoms with Crippen molar-refractivity contribution in [3.63, 3.8) is 0 Å². The van der Waals surface area contributed by atoms with Crippen LogP contribution in [0, 0.1) is 11.8 Å². The fourth-order valence-corrected chi connectivity index (χ4v) is 3.18. The van der Waals surface area contributed by atoms with Gasteiger partial charge in [0.25, 0.3) is 0 Å². The van der Waals surface area contributed by atoms with E-state index in [1.807, 2.05) is 0 Å². The molecule has 0 aromatic carbocycles. The Morgan fingerprint density at radius 2 is 2.00 bits per heavy atom. The monoisotopic (exact) mass is 226 g/mol. The molecule has 1 saturated heterocycles. The van der Waals surface area contributed by atoms with Gasteiger partial charge in [-0.1, -0.05) is 19.3 Å². The van der Waals surface area contributed by atoms with Crippen molar-refractivity contribution in [1.82, 2.24) is 4.90 Å². The number of hydrogen-bond acceptors (Lipinski definition) is 3. The average Bonchev–Trinajstić information content (AvgIpc) is 2.28. The van der Waals surface area contributed by atoms with Gasteiger partial charge in [0.1, 0.15) is 6.10 Å². The van der Waals surface area contributed by atoms with Crippen molar-refractivity contribution < 1.29 is 9.90 Å². The van der Waals surface area contributed by atoms with Crippen molar-refractivity contribution in [2.24, 2.45) is 17.6 Å². The number of aliphatic hydroxyl groups excluding tert-OH is 1. The lowest BCUT2D eigenvalue weighted by molar-refractivity contribution is -0.127. The third-order valence-corrected chi connectivity index (χ3v) is 4.13. The summed E-state index contributed by atoms with van der Waals surface area (Å²) in [5.74, 6) is 1.06. The van der Waals surface area contributed by atoms with Crippen LogP contribution in [0.2, 0.25) is 0 Å². The third kappa shape index (κ3) is 2.74. The van der Waals surface area contributed by atoms with Gasteiger partial charge in [-0.3, -0.25) is 9.69 Å². The van der Waals surface area contributed by atoms with Gasteiger partial charge in [0.15, 0.2) is 0 Å². The lowest BCUT2D eigenvalue weighted by atomic mass is 9.75. The Bertz CT molecular complexity index is 257. The van der Waals surface area contributed by atoms with E-state index in [-0.39, 0.29) is 0 Å². The van der Waals surface area contributed by atoms with E-state index >= 15 is 0 Å². The molecule has 0 aromatic heterocycles. The van der Waals surface area contributed by atoms with E-state index in [2.05, 4.69) is 4.90 Å². The molecule has 1 heterocycles. The zero-order chi connectivity index (χ0) is 11.5. The summed E-state index contributed by atoms with van der Waals surface area (Å²) in [6.45, 7) is 2.46. The third-order valence-electron chi connectivity index (χ3n) is 4.13. The second kappa shape index (κ2) is 5.15. The molecule has 4 nitrogen and oxygen atoms in total. The highest BCUT2D eigenvalue weighted by Crippen LogP contribution is 2.35. The lowest BCUT2D eigenvalue weighted by Crippen LogP contribution is -2.47. The Morgan fingerprint density at radius 1 is 1.31 bits per heavy atom. The first-order chi connectivity index (χ1) is 7.66. The highest BCUT2D eigenvalue weighted by Gasteiger charge is 2.32. The van der Waals surface area contributed by atoms with Crippen LogP contribution in [0.5, 0.6) is 0 Å². The molecule has 3 N–H and O–H groups in total. The van der Waals surface area contributed by atoms with Crippen molar-refractivity contribution in [3.8, 4) is 0 Å². The minimum absolute atomic E-state index is 0.415. The number of amides is 1. The fraction of sp³-hybridized carbons (Fsp3) is 0.917. The van der Waals surface area contributed by atoms with E-state index in [9.17, 15) is 9.90 Å². The summed E-state index contributed by atoms with van der Waals surface area (Å²) >= 11 is 0. The minimum Gasteiger partial charge on any atom is -0.382 e. The summed E-state index contributed by atoms with van der Waals surface area (Å²) in [5, 5.41) is 9.46. The largest absolute Gasteiger partial charge is 0.382 e. The molecule has 16 heavy (non-hydrogen) atoms. The predicted molar refractivity (Wildman–Crippen MR) is 61.7 cm³/mol. The number of fused-ring (bicyclic) bond motifs is 1. The van der Waals surface area contributed by atoms with E-state index in [0.717, 1.165) is 24.9 Å². The summed E-state index contributed by atoms with van der Waals surface area (Å²) in [5.41, 5.74) is 5.07. The van der Waals surface area contributed by atoms with Crippen LogP contribution in [-0.2, 0) is 4.79 Å². The first-order valence-electron chi connectivity index (χ1n) is 6.36. The number of hydrogen-bond donors (Lipinski definition) is 2. The van der Waals surface area contributed by atoms with Crippen LogP contribution in [-0.4, -0.2) is 41.7 Å². The summed E-state index contributed by atoms with van der Waals surface area (Å²) in [4.78, 5) is 13.0. The van der Waals surface area contributed by atoms with Crippen LogP contribution >= 0.6 is 0 Å². The van der Waals surface area contributed by atoms with Crippen molar-refractivity contribution >= 4 is 5.91 Å². The number of likely N-dealkylation sites (tertiary alicyclic amines) is 1. The molecule has 0 bridgehead atoms. The van der Waals surface area contributed by atoms with Crippen molar-refractivity contribution in [1.29, 1.82) is 0 Å². The number of nitrogens with zero attached hydrogens (tertiary/aromatic N) is 1. The molecule has 1 amide bonds. The number of primary amides is 1. The minimum atomic E-state index is -1.000. The van der Waals surface area contributed by atoms with Crippen LogP contribution in [0.15, 0.2) is 0 Å². The van der Waals surface area contributed by atoms with Crippen LogP contribution in [0.4, 0.5) is 0 Å². The topological polar surface area (TPSA) is 66.6 Å². The number of nitrogens with two attached hydrogens (primary N) is 1. The second-order valence-electron chi connectivity index (χ2n) is 5.27. The summed E-state index contributed by atoms with van der Waals surface area (Å²) in [6.07, 6.45) is 5.62. The molecule has 0 spiro atoms. The van der Waals surface area contributed by atoms with Gasteiger partial charge in [0.05, 0.1) is 0 Å². The Labute approximate surface area is 96.8 Å². The number of aliphatic hydroxyl groups is 1. The summed E-state index contributed by atoms with van der Waals surface area (Å²) in [6, 6.07) is 0. The molecule has 1 aliphatic heterocycles. The number of piperidine rings is 1. The molecule has 2 aliphatic rings. The molecule has 4 heteroatoms. The summed E-state index contributed by atoms with van der Waals surface area (Å²) < 4.78 is 0. The van der Waals surface area contributed by atoms with Crippen LogP contribution in [0.3, 0.4) is 0 Å². The molecule has 3 atom stereocenters. The molecule has 2 unspecified atom stereocenters. The van der Waals surface area contributed by atoms with E-state index in [1.165, 1.54) is 32.1 Å². The van der Waals surface area contributed by atoms with Crippen LogP contribution < -0.4 is 5.73 Å². The average molecular weight is 226 g/mol. The zero-order valence-corrected chi connectivity index (χ0v) is 9.77. The Kier molecular flexibility index (Phi) is 3.82. The lowest BCUT2D eigenvalue weighted by Gasteiger charge is -2.41. The maximum atomic E-state index is 10.8. The van der Waals surface area contributed by atoms with Gasteiger partial charge in [-0.15, -0.1) is 0 Å². The van der Waals surface area contributed by atoms with E-state index in [4.69, 9.17) is 5.73 Å². The summed E-state index contributed by atoms with van der Waals surface area (Å²) in [7, 11) is 0. The molecular weight excluding hydrogens is 204 g/mol. The normalized spacial score (nSPS) is 33.1. The highest BCUT2D eigenvalue weighted by atomic mass is 16.3. The zero-order valence-electron chi connectivity index (χ0n) is 9.77. The number of carbonyl (C=O) groups is 1. The Hall–Kier alpha value is -0.610. The number of rotatable bonds is 3. The van der Waals surface area contributed by atoms with Gasteiger partial charge in [-0.2, -0.15) is 0 Å². The fourth-order valence-electron chi connectivity index (χ4n) is 3.18. The molecular formula is C12H22N2O2. The first-order valence-corrected chi connectivity index (χ1v) is 6.36. The highest BCUT2D eigenvalue weighted by molar-refractivity contribution is 5.78. The Morgan fingerprint density at radius 3 is 2.69 bits per heavy atom. The molecule has 1 saturated carbocycles. The standard InChI is InChI=1S/C12H22N2O2/c13-12(16)11(15)8-14-6-5-9-3-1-2-4-10(9)7-14/h9-11,15H,1-8H2,(H2,13,16)/t9?,10?,11-/m1/s1.